The fourth-order valence-corrected chi connectivity index (χ4v) is 2.37. The molecule has 1 saturated heterocycles. The molecular formula is C13H20Cl2IN3O. The van der Waals surface area contributed by atoms with Crippen molar-refractivity contribution in [2.75, 3.05) is 31.5 Å². The van der Waals surface area contributed by atoms with E-state index in [1.807, 2.05) is 31.2 Å². The molecule has 1 aromatic rings. The van der Waals surface area contributed by atoms with Gasteiger partial charge in [0.25, 0.3) is 0 Å². The predicted octanol–water partition coefficient (Wildman–Crippen LogP) is 2.37. The van der Waals surface area contributed by atoms with Crippen LogP contribution in [0, 0.1) is 3.57 Å². The molecule has 0 bridgehead atoms. The summed E-state index contributed by atoms with van der Waals surface area (Å²) < 4.78 is 1.17. The summed E-state index contributed by atoms with van der Waals surface area (Å²) >= 11 is 2.25. The van der Waals surface area contributed by atoms with Crippen molar-refractivity contribution in [3.63, 3.8) is 0 Å². The number of nitrogens with zero attached hydrogens (tertiary/aromatic N) is 1. The van der Waals surface area contributed by atoms with Gasteiger partial charge in [-0.05, 0) is 53.8 Å². The monoisotopic (exact) mass is 431 g/mol. The zero-order valence-electron chi connectivity index (χ0n) is 11.3. The lowest BCUT2D eigenvalue weighted by molar-refractivity contribution is -0.120. The molecule has 0 radical (unpaired) electrons. The Bertz CT molecular complexity index is 411. The molecule has 7 heteroatoms. The third kappa shape index (κ3) is 5.73. The molecular weight excluding hydrogens is 412 g/mol. The molecule has 2 rings (SSSR count). The second kappa shape index (κ2) is 9.78. The van der Waals surface area contributed by atoms with Crippen LogP contribution in [0.3, 0.4) is 0 Å². The van der Waals surface area contributed by atoms with Crippen LogP contribution in [0.25, 0.3) is 0 Å². The van der Waals surface area contributed by atoms with Gasteiger partial charge in [-0.1, -0.05) is 0 Å². The standard InChI is InChI=1S/C13H18IN3O.2ClH/c1-10(17-8-6-15-7-9-17)13(18)16-12-4-2-11(14)3-5-12;;/h2-5,10,15H,6-9H2,1H3,(H,16,18);2*1H. The highest BCUT2D eigenvalue weighted by atomic mass is 127. The molecule has 20 heavy (non-hydrogen) atoms. The van der Waals surface area contributed by atoms with Gasteiger partial charge in [0.2, 0.25) is 5.91 Å². The highest BCUT2D eigenvalue weighted by Gasteiger charge is 2.22. The fraction of sp³-hybridized carbons (Fsp3) is 0.462. The Morgan fingerprint density at radius 3 is 2.35 bits per heavy atom. The molecule has 1 aromatic carbocycles. The molecule has 0 aromatic heterocycles. The van der Waals surface area contributed by atoms with Gasteiger partial charge in [0.1, 0.15) is 0 Å². The van der Waals surface area contributed by atoms with Crippen LogP contribution in [-0.2, 0) is 4.79 Å². The molecule has 114 valence electrons. The maximum Gasteiger partial charge on any atom is 0.241 e. The van der Waals surface area contributed by atoms with Gasteiger partial charge in [-0.3, -0.25) is 9.69 Å². The smallest absolute Gasteiger partial charge is 0.241 e. The van der Waals surface area contributed by atoms with Crippen molar-refractivity contribution in [1.29, 1.82) is 0 Å². The van der Waals surface area contributed by atoms with E-state index in [9.17, 15) is 4.79 Å². The first kappa shape index (κ1) is 19.9. The maximum absolute atomic E-state index is 12.1. The van der Waals surface area contributed by atoms with Crippen molar-refractivity contribution in [3.05, 3.63) is 27.8 Å². The van der Waals surface area contributed by atoms with Crippen LogP contribution in [0.4, 0.5) is 5.69 Å². The zero-order valence-corrected chi connectivity index (χ0v) is 15.1. The Balaban J connectivity index is 0.00000180. The van der Waals surface area contributed by atoms with Gasteiger partial charge < -0.3 is 10.6 Å². The fourth-order valence-electron chi connectivity index (χ4n) is 2.02. The molecule has 1 aliphatic rings. The van der Waals surface area contributed by atoms with Gasteiger partial charge in [-0.15, -0.1) is 24.8 Å². The van der Waals surface area contributed by atoms with E-state index in [0.29, 0.717) is 0 Å². The summed E-state index contributed by atoms with van der Waals surface area (Å²) in [6.07, 6.45) is 0. The molecule has 0 aliphatic carbocycles. The number of nitrogens with one attached hydrogen (secondary N) is 2. The quantitative estimate of drug-likeness (QED) is 0.722. The van der Waals surface area contributed by atoms with Gasteiger partial charge in [0.15, 0.2) is 0 Å². The lowest BCUT2D eigenvalue weighted by atomic mass is 10.2. The highest BCUT2D eigenvalue weighted by molar-refractivity contribution is 14.1. The van der Waals surface area contributed by atoms with E-state index in [2.05, 4.69) is 38.1 Å². The molecule has 1 amide bonds. The lowest BCUT2D eigenvalue weighted by Gasteiger charge is -2.31. The van der Waals surface area contributed by atoms with E-state index in [0.717, 1.165) is 31.9 Å². The second-order valence-corrected chi connectivity index (χ2v) is 5.70. The summed E-state index contributed by atoms with van der Waals surface area (Å²) in [4.78, 5) is 14.3. The van der Waals surface area contributed by atoms with Crippen LogP contribution in [0.15, 0.2) is 24.3 Å². The number of hydrogen-bond acceptors (Lipinski definition) is 3. The van der Waals surface area contributed by atoms with Gasteiger partial charge in [-0.25, -0.2) is 0 Å². The van der Waals surface area contributed by atoms with Gasteiger partial charge in [-0.2, -0.15) is 0 Å². The molecule has 2 N–H and O–H groups in total. The molecule has 0 spiro atoms. The Morgan fingerprint density at radius 1 is 1.25 bits per heavy atom. The molecule has 1 heterocycles. The van der Waals surface area contributed by atoms with E-state index >= 15 is 0 Å². The van der Waals surface area contributed by atoms with Gasteiger partial charge >= 0.3 is 0 Å². The highest BCUT2D eigenvalue weighted by Crippen LogP contribution is 2.12. The average Bonchev–Trinajstić information content (AvgIpc) is 2.41. The number of anilines is 1. The van der Waals surface area contributed by atoms with Gasteiger partial charge in [0, 0.05) is 35.4 Å². The summed E-state index contributed by atoms with van der Waals surface area (Å²) in [6.45, 7) is 5.75. The number of rotatable bonds is 3. The van der Waals surface area contributed by atoms with Crippen molar-refractivity contribution in [3.8, 4) is 0 Å². The van der Waals surface area contributed by atoms with Crippen molar-refractivity contribution in [2.45, 2.75) is 13.0 Å². The summed E-state index contributed by atoms with van der Waals surface area (Å²) in [5.41, 5.74) is 0.863. The van der Waals surface area contributed by atoms with E-state index in [-0.39, 0.29) is 36.8 Å². The van der Waals surface area contributed by atoms with Crippen molar-refractivity contribution in [1.82, 2.24) is 10.2 Å². The largest absolute Gasteiger partial charge is 0.325 e. The number of carbonyl (C=O) groups is 1. The average molecular weight is 432 g/mol. The number of hydrogen-bond donors (Lipinski definition) is 2. The summed E-state index contributed by atoms with van der Waals surface area (Å²) in [6, 6.07) is 7.78. The van der Waals surface area contributed by atoms with E-state index in [4.69, 9.17) is 0 Å². The number of benzene rings is 1. The molecule has 0 saturated carbocycles. The van der Waals surface area contributed by atoms with E-state index in [1.54, 1.807) is 0 Å². The Kier molecular flexibility index (Phi) is 9.74. The third-order valence-electron chi connectivity index (χ3n) is 3.19. The first-order valence-electron chi connectivity index (χ1n) is 6.18. The van der Waals surface area contributed by atoms with Crippen LogP contribution >= 0.6 is 47.4 Å². The second-order valence-electron chi connectivity index (χ2n) is 4.46. The number of carbonyl (C=O) groups excluding carboxylic acids is 1. The minimum atomic E-state index is -0.0774. The van der Waals surface area contributed by atoms with Crippen molar-refractivity contribution < 1.29 is 4.79 Å². The Hall–Kier alpha value is -0.0800. The maximum atomic E-state index is 12.1. The van der Waals surface area contributed by atoms with Crippen molar-refractivity contribution in [2.24, 2.45) is 0 Å². The topological polar surface area (TPSA) is 44.4 Å². The minimum Gasteiger partial charge on any atom is -0.325 e. The summed E-state index contributed by atoms with van der Waals surface area (Å²) in [5, 5.41) is 6.25. The van der Waals surface area contributed by atoms with Crippen LogP contribution in [-0.4, -0.2) is 43.0 Å². The molecule has 1 atom stereocenters. The van der Waals surface area contributed by atoms with Crippen LogP contribution < -0.4 is 10.6 Å². The normalized spacial score (nSPS) is 16.5. The number of amides is 1. The molecule has 1 aliphatic heterocycles. The number of piperazine rings is 1. The van der Waals surface area contributed by atoms with E-state index in [1.165, 1.54) is 3.57 Å². The third-order valence-corrected chi connectivity index (χ3v) is 3.91. The zero-order chi connectivity index (χ0) is 13.0. The summed E-state index contributed by atoms with van der Waals surface area (Å²) in [7, 11) is 0. The Labute approximate surface area is 146 Å². The molecule has 1 fully saturated rings. The SMILES string of the molecule is CC(C(=O)Nc1ccc(I)cc1)N1CCNCC1.Cl.Cl. The predicted molar refractivity (Wildman–Crippen MR) is 96.2 cm³/mol. The number of halogens is 3. The first-order valence-corrected chi connectivity index (χ1v) is 7.26. The van der Waals surface area contributed by atoms with Crippen molar-refractivity contribution >= 4 is 59.0 Å². The molecule has 4 nitrogen and oxygen atoms in total. The van der Waals surface area contributed by atoms with E-state index < -0.39 is 0 Å². The van der Waals surface area contributed by atoms with Crippen LogP contribution in [0.2, 0.25) is 0 Å². The lowest BCUT2D eigenvalue weighted by Crippen LogP contribution is -2.51. The molecule has 1 unspecified atom stereocenters. The first-order chi connectivity index (χ1) is 8.66. The van der Waals surface area contributed by atoms with Crippen LogP contribution in [0.1, 0.15) is 6.92 Å². The summed E-state index contributed by atoms with van der Waals surface area (Å²) in [5.74, 6) is 0.0677. The van der Waals surface area contributed by atoms with Gasteiger partial charge in [0.05, 0.1) is 6.04 Å². The Morgan fingerprint density at radius 2 is 1.80 bits per heavy atom. The van der Waals surface area contributed by atoms with Crippen LogP contribution in [0.5, 0.6) is 0 Å². The minimum absolute atomic E-state index is 0.